The van der Waals surface area contributed by atoms with E-state index < -0.39 is 0 Å². The van der Waals surface area contributed by atoms with E-state index in [4.69, 9.17) is 20.8 Å². The number of anilines is 1. The molecule has 0 saturated heterocycles. The normalized spacial score (nSPS) is 10.5. The van der Waals surface area contributed by atoms with Crippen molar-refractivity contribution in [3.63, 3.8) is 0 Å². The maximum absolute atomic E-state index is 12.2. The molecular weight excluding hydrogens is 338 g/mol. The molecule has 0 bridgehead atoms. The molecule has 0 radical (unpaired) electrons. The van der Waals surface area contributed by atoms with Gasteiger partial charge < -0.3 is 14.5 Å². The fraction of sp³-hybridized carbons (Fsp3) is 0.150. The van der Waals surface area contributed by atoms with Gasteiger partial charge in [0.05, 0.1) is 17.8 Å². The summed E-state index contributed by atoms with van der Waals surface area (Å²) in [5.41, 5.74) is 1.50. The van der Waals surface area contributed by atoms with Crippen molar-refractivity contribution in [1.29, 1.82) is 0 Å². The van der Waals surface area contributed by atoms with E-state index in [9.17, 15) is 4.79 Å². The minimum Gasteiger partial charge on any atom is -0.495 e. The van der Waals surface area contributed by atoms with Crippen molar-refractivity contribution >= 4 is 23.2 Å². The van der Waals surface area contributed by atoms with Gasteiger partial charge in [0.1, 0.15) is 17.3 Å². The van der Waals surface area contributed by atoms with Gasteiger partial charge in [0.2, 0.25) is 5.91 Å². The first-order valence-electron chi connectivity index (χ1n) is 7.94. The molecule has 0 saturated carbocycles. The highest BCUT2D eigenvalue weighted by Gasteiger charge is 2.11. The van der Waals surface area contributed by atoms with Gasteiger partial charge in [-0.05, 0) is 36.4 Å². The van der Waals surface area contributed by atoms with Crippen LogP contribution in [0.15, 0.2) is 65.1 Å². The second-order valence-electron chi connectivity index (χ2n) is 5.49. The molecule has 1 N–H and O–H groups in total. The highest BCUT2D eigenvalue weighted by molar-refractivity contribution is 6.33. The molecule has 4 nitrogen and oxygen atoms in total. The average molecular weight is 356 g/mol. The third-order valence-electron chi connectivity index (χ3n) is 3.78. The number of hydrogen-bond donors (Lipinski definition) is 1. The van der Waals surface area contributed by atoms with Crippen molar-refractivity contribution in [1.82, 2.24) is 0 Å². The number of hydrogen-bond acceptors (Lipinski definition) is 3. The Morgan fingerprint density at radius 3 is 2.64 bits per heavy atom. The number of nitrogens with one attached hydrogen (secondary N) is 1. The third kappa shape index (κ3) is 4.22. The second-order valence-corrected chi connectivity index (χ2v) is 5.90. The summed E-state index contributed by atoms with van der Waals surface area (Å²) < 4.78 is 11.0. The van der Waals surface area contributed by atoms with Crippen molar-refractivity contribution in [2.24, 2.45) is 0 Å². The molecule has 1 amide bonds. The molecule has 0 spiro atoms. The first kappa shape index (κ1) is 17.1. The van der Waals surface area contributed by atoms with Crippen LogP contribution in [0.4, 0.5) is 5.69 Å². The number of halogens is 1. The van der Waals surface area contributed by atoms with Crippen LogP contribution in [0.3, 0.4) is 0 Å². The van der Waals surface area contributed by atoms with Crippen LogP contribution in [0.5, 0.6) is 5.75 Å². The molecule has 128 valence electrons. The van der Waals surface area contributed by atoms with Crippen molar-refractivity contribution in [2.45, 2.75) is 12.8 Å². The van der Waals surface area contributed by atoms with Gasteiger partial charge in [-0.15, -0.1) is 0 Å². The lowest BCUT2D eigenvalue weighted by molar-refractivity contribution is -0.116. The summed E-state index contributed by atoms with van der Waals surface area (Å²) in [6.45, 7) is 0. The summed E-state index contributed by atoms with van der Waals surface area (Å²) in [7, 11) is 1.57. The number of furan rings is 1. The molecule has 5 heteroatoms. The highest BCUT2D eigenvalue weighted by Crippen LogP contribution is 2.29. The van der Waals surface area contributed by atoms with E-state index >= 15 is 0 Å². The molecule has 0 fully saturated rings. The fourth-order valence-corrected chi connectivity index (χ4v) is 2.74. The molecule has 0 aliphatic rings. The van der Waals surface area contributed by atoms with Gasteiger partial charge in [0.15, 0.2) is 0 Å². The van der Waals surface area contributed by atoms with Crippen LogP contribution >= 0.6 is 11.6 Å². The first-order chi connectivity index (χ1) is 12.2. The maximum Gasteiger partial charge on any atom is 0.224 e. The van der Waals surface area contributed by atoms with Crippen LogP contribution < -0.4 is 10.1 Å². The predicted octanol–water partition coefficient (Wildman–Crippen LogP) is 5.18. The Kier molecular flexibility index (Phi) is 5.41. The number of carbonyl (C=O) groups excluding carboxylic acids is 1. The summed E-state index contributed by atoms with van der Waals surface area (Å²) in [5, 5.41) is 3.49. The van der Waals surface area contributed by atoms with Crippen molar-refractivity contribution in [3.05, 3.63) is 71.4 Å². The van der Waals surface area contributed by atoms with Gasteiger partial charge >= 0.3 is 0 Å². The van der Waals surface area contributed by atoms with Gasteiger partial charge in [-0.3, -0.25) is 4.79 Å². The molecule has 1 heterocycles. The number of benzene rings is 2. The maximum atomic E-state index is 12.2. The molecule has 2 aromatic carbocycles. The van der Waals surface area contributed by atoms with E-state index in [1.165, 1.54) is 0 Å². The Balaban J connectivity index is 1.61. The predicted molar refractivity (Wildman–Crippen MR) is 99.1 cm³/mol. The van der Waals surface area contributed by atoms with Crippen LogP contribution in [0.1, 0.15) is 12.2 Å². The number of amides is 1. The molecule has 3 rings (SSSR count). The summed E-state index contributed by atoms with van der Waals surface area (Å²) in [6, 6.07) is 18.6. The molecule has 0 aliphatic heterocycles. The zero-order valence-corrected chi connectivity index (χ0v) is 14.5. The highest BCUT2D eigenvalue weighted by atomic mass is 35.5. The monoisotopic (exact) mass is 355 g/mol. The van der Waals surface area contributed by atoms with Gasteiger partial charge in [-0.25, -0.2) is 0 Å². The third-order valence-corrected chi connectivity index (χ3v) is 4.11. The van der Waals surface area contributed by atoms with E-state index in [1.807, 2.05) is 48.5 Å². The summed E-state index contributed by atoms with van der Waals surface area (Å²) in [4.78, 5) is 12.2. The number of aryl methyl sites for hydroxylation is 1. The number of para-hydroxylation sites is 2. The lowest BCUT2D eigenvalue weighted by atomic mass is 10.2. The van der Waals surface area contributed by atoms with E-state index in [0.717, 1.165) is 11.3 Å². The van der Waals surface area contributed by atoms with Crippen LogP contribution in [0.25, 0.3) is 11.3 Å². The lowest BCUT2D eigenvalue weighted by Crippen LogP contribution is -2.12. The number of ether oxygens (including phenoxy) is 1. The Morgan fingerprint density at radius 2 is 1.84 bits per heavy atom. The summed E-state index contributed by atoms with van der Waals surface area (Å²) >= 11 is 6.18. The van der Waals surface area contributed by atoms with Crippen LogP contribution in [-0.2, 0) is 11.2 Å². The second kappa shape index (κ2) is 7.90. The minimum absolute atomic E-state index is 0.0970. The van der Waals surface area contributed by atoms with Gasteiger partial charge in [-0.2, -0.15) is 0 Å². The Bertz CT molecular complexity index is 873. The molecule has 0 atom stereocenters. The van der Waals surface area contributed by atoms with E-state index in [0.29, 0.717) is 35.1 Å². The first-order valence-corrected chi connectivity index (χ1v) is 8.31. The molecule has 0 unspecified atom stereocenters. The Morgan fingerprint density at radius 1 is 1.08 bits per heavy atom. The van der Waals surface area contributed by atoms with E-state index in [-0.39, 0.29) is 5.91 Å². The molecule has 3 aromatic rings. The lowest BCUT2D eigenvalue weighted by Gasteiger charge is -2.09. The largest absolute Gasteiger partial charge is 0.495 e. The smallest absolute Gasteiger partial charge is 0.224 e. The topological polar surface area (TPSA) is 51.5 Å². The fourth-order valence-electron chi connectivity index (χ4n) is 2.52. The van der Waals surface area contributed by atoms with Crippen molar-refractivity contribution < 1.29 is 13.9 Å². The Labute approximate surface area is 151 Å². The SMILES string of the molecule is COc1ccccc1NC(=O)CCc1ccc(-c2ccccc2Cl)o1. The van der Waals surface area contributed by atoms with Crippen molar-refractivity contribution in [3.8, 4) is 17.1 Å². The minimum atomic E-state index is -0.0970. The molecular formula is C20H18ClNO3. The van der Waals surface area contributed by atoms with Gasteiger partial charge in [-0.1, -0.05) is 35.9 Å². The van der Waals surface area contributed by atoms with Crippen molar-refractivity contribution in [2.75, 3.05) is 12.4 Å². The van der Waals surface area contributed by atoms with Gasteiger partial charge in [0.25, 0.3) is 0 Å². The number of rotatable bonds is 6. The zero-order valence-electron chi connectivity index (χ0n) is 13.8. The van der Waals surface area contributed by atoms with E-state index in [2.05, 4.69) is 5.32 Å². The van der Waals surface area contributed by atoms with Crippen LogP contribution in [-0.4, -0.2) is 13.0 Å². The average Bonchev–Trinajstić information content (AvgIpc) is 3.09. The van der Waals surface area contributed by atoms with Crippen LogP contribution in [0.2, 0.25) is 5.02 Å². The quantitative estimate of drug-likeness (QED) is 0.662. The summed E-state index contributed by atoms with van der Waals surface area (Å²) in [5.74, 6) is 1.98. The summed E-state index contributed by atoms with van der Waals surface area (Å²) in [6.07, 6.45) is 0.818. The molecule has 25 heavy (non-hydrogen) atoms. The number of methoxy groups -OCH3 is 1. The number of carbonyl (C=O) groups is 1. The van der Waals surface area contributed by atoms with E-state index in [1.54, 1.807) is 19.2 Å². The van der Waals surface area contributed by atoms with Gasteiger partial charge in [0, 0.05) is 18.4 Å². The molecule has 0 aliphatic carbocycles. The Hall–Kier alpha value is -2.72. The zero-order chi connectivity index (χ0) is 17.6. The standard InChI is InChI=1S/C20H18ClNO3/c1-24-19-9-5-4-8-17(19)22-20(23)13-11-14-10-12-18(25-14)15-6-2-3-7-16(15)21/h2-10,12H,11,13H2,1H3,(H,22,23). The van der Waals surface area contributed by atoms with Crippen LogP contribution in [0, 0.1) is 0 Å². The molecule has 1 aromatic heterocycles.